The van der Waals surface area contributed by atoms with E-state index >= 15 is 0 Å². The summed E-state index contributed by atoms with van der Waals surface area (Å²) < 4.78 is 12.7. The lowest BCUT2D eigenvalue weighted by Crippen LogP contribution is -2.19. The quantitative estimate of drug-likeness (QED) is 0.851. The van der Waals surface area contributed by atoms with E-state index in [2.05, 4.69) is 16.5 Å². The Balaban J connectivity index is 2.15. The zero-order chi connectivity index (χ0) is 15.2. The maximum Gasteiger partial charge on any atom is 0.160 e. The minimum absolute atomic E-state index is 0.135. The van der Waals surface area contributed by atoms with Crippen LogP contribution in [0.5, 0.6) is 11.5 Å². The van der Waals surface area contributed by atoms with E-state index in [1.165, 1.54) is 0 Å². The molecule has 0 bridgehead atoms. The van der Waals surface area contributed by atoms with Crippen LogP contribution in [0.3, 0.4) is 0 Å². The zero-order valence-corrected chi connectivity index (χ0v) is 12.9. The van der Waals surface area contributed by atoms with E-state index in [4.69, 9.17) is 15.2 Å². The van der Waals surface area contributed by atoms with Crippen LogP contribution in [-0.2, 0) is 13.0 Å². The van der Waals surface area contributed by atoms with Gasteiger partial charge in [0.1, 0.15) is 5.82 Å². The maximum atomic E-state index is 6.31. The molecule has 2 rings (SSSR count). The second kappa shape index (κ2) is 7.13. The van der Waals surface area contributed by atoms with E-state index in [-0.39, 0.29) is 6.04 Å². The number of imidazole rings is 1. The Kier molecular flexibility index (Phi) is 5.22. The van der Waals surface area contributed by atoms with Crippen molar-refractivity contribution in [3.63, 3.8) is 0 Å². The molecule has 1 atom stereocenters. The second-order valence-electron chi connectivity index (χ2n) is 4.98. The Morgan fingerprint density at radius 2 is 2.00 bits per heavy atom. The summed E-state index contributed by atoms with van der Waals surface area (Å²) in [7, 11) is 3.26. The molecule has 0 spiro atoms. The summed E-state index contributed by atoms with van der Waals surface area (Å²) in [4.78, 5) is 4.39. The first-order valence-corrected chi connectivity index (χ1v) is 7.17. The van der Waals surface area contributed by atoms with Crippen LogP contribution >= 0.6 is 0 Å². The average molecular weight is 289 g/mol. The Hall–Kier alpha value is -2.01. The number of methoxy groups -OCH3 is 2. The van der Waals surface area contributed by atoms with Crippen LogP contribution in [0.1, 0.15) is 30.8 Å². The van der Waals surface area contributed by atoms with Gasteiger partial charge in [0.15, 0.2) is 11.5 Å². The fraction of sp³-hybridized carbons (Fsp3) is 0.438. The number of benzene rings is 1. The highest BCUT2D eigenvalue weighted by atomic mass is 16.5. The third-order valence-corrected chi connectivity index (χ3v) is 3.45. The molecule has 0 fully saturated rings. The van der Waals surface area contributed by atoms with Crippen LogP contribution in [0.2, 0.25) is 0 Å². The van der Waals surface area contributed by atoms with Gasteiger partial charge in [0.2, 0.25) is 0 Å². The summed E-state index contributed by atoms with van der Waals surface area (Å²) in [5, 5.41) is 0. The van der Waals surface area contributed by atoms with Gasteiger partial charge in [-0.1, -0.05) is 13.0 Å². The molecule has 21 heavy (non-hydrogen) atoms. The molecule has 114 valence electrons. The minimum atomic E-state index is -0.135. The normalized spacial score (nSPS) is 12.2. The van der Waals surface area contributed by atoms with Gasteiger partial charge in [0.05, 0.1) is 20.3 Å². The van der Waals surface area contributed by atoms with Crippen molar-refractivity contribution in [1.82, 2.24) is 9.55 Å². The van der Waals surface area contributed by atoms with Crippen molar-refractivity contribution in [3.8, 4) is 11.5 Å². The van der Waals surface area contributed by atoms with E-state index in [1.807, 2.05) is 24.4 Å². The topological polar surface area (TPSA) is 62.3 Å². The molecule has 5 heteroatoms. The number of hydrogen-bond donors (Lipinski definition) is 1. The zero-order valence-electron chi connectivity index (χ0n) is 12.9. The molecule has 0 aliphatic rings. The molecule has 1 aromatic heterocycles. The van der Waals surface area contributed by atoms with Gasteiger partial charge in [-0.2, -0.15) is 0 Å². The van der Waals surface area contributed by atoms with Crippen molar-refractivity contribution in [1.29, 1.82) is 0 Å². The van der Waals surface area contributed by atoms with Gasteiger partial charge in [-0.15, -0.1) is 0 Å². The molecule has 2 N–H and O–H groups in total. The molecule has 0 saturated carbocycles. The predicted molar refractivity (Wildman–Crippen MR) is 82.7 cm³/mol. The SMILES string of the molecule is CCCn1ccnc1C(N)Cc1ccc(OC)c(OC)c1. The van der Waals surface area contributed by atoms with Gasteiger partial charge in [-0.25, -0.2) is 4.98 Å². The number of aryl methyl sites for hydroxylation is 1. The monoisotopic (exact) mass is 289 g/mol. The van der Waals surface area contributed by atoms with Gasteiger partial charge in [-0.05, 0) is 30.5 Å². The maximum absolute atomic E-state index is 6.31. The van der Waals surface area contributed by atoms with Crippen LogP contribution in [0.4, 0.5) is 0 Å². The highest BCUT2D eigenvalue weighted by molar-refractivity contribution is 5.43. The fourth-order valence-corrected chi connectivity index (χ4v) is 2.43. The van der Waals surface area contributed by atoms with Gasteiger partial charge in [0.25, 0.3) is 0 Å². The van der Waals surface area contributed by atoms with Crippen LogP contribution in [-0.4, -0.2) is 23.8 Å². The third kappa shape index (κ3) is 3.55. The molecule has 1 aromatic carbocycles. The van der Waals surface area contributed by atoms with E-state index in [0.29, 0.717) is 6.42 Å². The Morgan fingerprint density at radius 3 is 2.67 bits per heavy atom. The minimum Gasteiger partial charge on any atom is -0.493 e. The Labute approximate surface area is 125 Å². The molecule has 2 aromatic rings. The molecule has 1 unspecified atom stereocenters. The molecule has 1 heterocycles. The summed E-state index contributed by atoms with van der Waals surface area (Å²) in [6, 6.07) is 5.74. The van der Waals surface area contributed by atoms with Crippen molar-refractivity contribution in [2.45, 2.75) is 32.4 Å². The Morgan fingerprint density at radius 1 is 1.24 bits per heavy atom. The number of rotatable bonds is 7. The van der Waals surface area contributed by atoms with Crippen molar-refractivity contribution in [2.75, 3.05) is 14.2 Å². The van der Waals surface area contributed by atoms with Gasteiger partial charge >= 0.3 is 0 Å². The van der Waals surface area contributed by atoms with Crippen LogP contribution in [0.15, 0.2) is 30.6 Å². The number of ether oxygens (including phenoxy) is 2. The predicted octanol–water partition coefficient (Wildman–Crippen LogP) is 2.55. The van der Waals surface area contributed by atoms with Gasteiger partial charge < -0.3 is 19.8 Å². The molecule has 0 aliphatic heterocycles. The first kappa shape index (κ1) is 15.4. The summed E-state index contributed by atoms with van der Waals surface area (Å²) in [5.41, 5.74) is 7.41. The first-order chi connectivity index (χ1) is 10.2. The van der Waals surface area contributed by atoms with E-state index < -0.39 is 0 Å². The van der Waals surface area contributed by atoms with Crippen LogP contribution < -0.4 is 15.2 Å². The van der Waals surface area contributed by atoms with Gasteiger partial charge in [0, 0.05) is 18.9 Å². The largest absolute Gasteiger partial charge is 0.493 e. The molecule has 5 nitrogen and oxygen atoms in total. The van der Waals surface area contributed by atoms with E-state index in [0.717, 1.165) is 35.9 Å². The molecule has 0 aliphatic carbocycles. The number of nitrogens with two attached hydrogens (primary N) is 1. The smallest absolute Gasteiger partial charge is 0.160 e. The number of nitrogens with zero attached hydrogens (tertiary/aromatic N) is 2. The number of hydrogen-bond acceptors (Lipinski definition) is 4. The van der Waals surface area contributed by atoms with Crippen LogP contribution in [0, 0.1) is 0 Å². The summed E-state index contributed by atoms with van der Waals surface area (Å²) >= 11 is 0. The molecular formula is C16H23N3O2. The Bertz CT molecular complexity index is 581. The lowest BCUT2D eigenvalue weighted by molar-refractivity contribution is 0.354. The van der Waals surface area contributed by atoms with E-state index in [1.54, 1.807) is 20.4 Å². The molecule has 0 saturated heterocycles. The summed E-state index contributed by atoms with van der Waals surface area (Å²) in [6.07, 6.45) is 5.56. The molecule has 0 amide bonds. The van der Waals surface area contributed by atoms with Crippen molar-refractivity contribution in [2.24, 2.45) is 5.73 Å². The molecule has 0 radical (unpaired) electrons. The lowest BCUT2D eigenvalue weighted by atomic mass is 10.1. The van der Waals surface area contributed by atoms with E-state index in [9.17, 15) is 0 Å². The van der Waals surface area contributed by atoms with Crippen molar-refractivity contribution >= 4 is 0 Å². The molecular weight excluding hydrogens is 266 g/mol. The summed E-state index contributed by atoms with van der Waals surface area (Å²) in [5.74, 6) is 2.37. The highest BCUT2D eigenvalue weighted by Gasteiger charge is 2.14. The second-order valence-corrected chi connectivity index (χ2v) is 4.98. The highest BCUT2D eigenvalue weighted by Crippen LogP contribution is 2.29. The third-order valence-electron chi connectivity index (χ3n) is 3.45. The summed E-state index contributed by atoms with van der Waals surface area (Å²) in [6.45, 7) is 3.08. The average Bonchev–Trinajstić information content (AvgIpc) is 2.96. The van der Waals surface area contributed by atoms with Crippen molar-refractivity contribution in [3.05, 3.63) is 42.0 Å². The van der Waals surface area contributed by atoms with Gasteiger partial charge in [-0.3, -0.25) is 0 Å². The standard InChI is InChI=1S/C16H23N3O2/c1-4-8-19-9-7-18-16(19)13(17)10-12-5-6-14(20-2)15(11-12)21-3/h5-7,9,11,13H,4,8,10,17H2,1-3H3. The number of aromatic nitrogens is 2. The van der Waals surface area contributed by atoms with Crippen LogP contribution in [0.25, 0.3) is 0 Å². The lowest BCUT2D eigenvalue weighted by Gasteiger charge is -2.15. The van der Waals surface area contributed by atoms with Crippen molar-refractivity contribution < 1.29 is 9.47 Å². The first-order valence-electron chi connectivity index (χ1n) is 7.17. The fourth-order valence-electron chi connectivity index (χ4n) is 2.43.